The van der Waals surface area contributed by atoms with Gasteiger partial charge in [-0.2, -0.15) is 0 Å². The van der Waals surface area contributed by atoms with E-state index in [2.05, 4.69) is 30.0 Å². The second-order valence-electron chi connectivity index (χ2n) is 9.59. The number of nitrogens with zero attached hydrogens (tertiary/aromatic N) is 1. The molecule has 1 aromatic heterocycles. The summed E-state index contributed by atoms with van der Waals surface area (Å²) in [5.41, 5.74) is 4.75. The zero-order valence-electron chi connectivity index (χ0n) is 21.0. The molecule has 0 saturated carbocycles. The highest BCUT2D eigenvalue weighted by atomic mass is 32.1. The largest absolute Gasteiger partial charge is 0.476 e. The maximum absolute atomic E-state index is 12.8. The van der Waals surface area contributed by atoms with Crippen molar-refractivity contribution in [2.75, 3.05) is 19.7 Å². The van der Waals surface area contributed by atoms with Gasteiger partial charge in [0.15, 0.2) is 5.60 Å². The van der Waals surface area contributed by atoms with Crippen molar-refractivity contribution in [3.05, 3.63) is 75.7 Å². The van der Waals surface area contributed by atoms with Crippen LogP contribution in [0.3, 0.4) is 0 Å². The Morgan fingerprint density at radius 2 is 1.77 bits per heavy atom. The zero-order chi connectivity index (χ0) is 25.0. The van der Waals surface area contributed by atoms with Crippen LogP contribution in [0.4, 0.5) is 4.39 Å². The number of fused-ring (bicyclic) bond motifs is 1. The standard InChI is InChI=1S/C29H34FNO3S/c1-5-33-28(32)29(3,4)34-25-11-10-22-12-14-31(15-13-24(22)17-25)19-27-20(2)16-26(35-27)23-8-6-21(18-30)7-9-23/h6-11,16-17H,5,12-15,18-19H2,1-4H3. The molecule has 2 heterocycles. The summed E-state index contributed by atoms with van der Waals surface area (Å²) in [5.74, 6) is 0.345. The number of thiophene rings is 1. The lowest BCUT2D eigenvalue weighted by atomic mass is 10.0. The van der Waals surface area contributed by atoms with Gasteiger partial charge in [0.05, 0.1) is 6.61 Å². The highest BCUT2D eigenvalue weighted by molar-refractivity contribution is 7.15. The van der Waals surface area contributed by atoms with Crippen LogP contribution < -0.4 is 4.74 Å². The first-order chi connectivity index (χ1) is 16.8. The van der Waals surface area contributed by atoms with Crippen LogP contribution in [-0.4, -0.2) is 36.2 Å². The number of rotatable bonds is 8. The minimum absolute atomic E-state index is 0.336. The molecule has 35 heavy (non-hydrogen) atoms. The average Bonchev–Trinajstić information content (AvgIpc) is 3.08. The molecule has 0 fully saturated rings. The first-order valence-corrected chi connectivity index (χ1v) is 13.1. The predicted molar refractivity (Wildman–Crippen MR) is 140 cm³/mol. The van der Waals surface area contributed by atoms with E-state index in [0.717, 1.165) is 38.0 Å². The molecule has 0 unspecified atom stereocenters. The zero-order valence-corrected chi connectivity index (χ0v) is 21.8. The molecule has 1 aliphatic heterocycles. The summed E-state index contributed by atoms with van der Waals surface area (Å²) in [6, 6.07) is 16.2. The lowest BCUT2D eigenvalue weighted by Crippen LogP contribution is -2.39. The van der Waals surface area contributed by atoms with Gasteiger partial charge in [-0.15, -0.1) is 11.3 Å². The molecule has 0 bridgehead atoms. The van der Waals surface area contributed by atoms with E-state index in [-0.39, 0.29) is 5.97 Å². The smallest absolute Gasteiger partial charge is 0.349 e. The van der Waals surface area contributed by atoms with Crippen molar-refractivity contribution in [2.45, 2.75) is 59.4 Å². The van der Waals surface area contributed by atoms with Gasteiger partial charge in [-0.3, -0.25) is 4.90 Å². The summed E-state index contributed by atoms with van der Waals surface area (Å²) >= 11 is 1.83. The maximum Gasteiger partial charge on any atom is 0.349 e. The second-order valence-corrected chi connectivity index (χ2v) is 10.7. The van der Waals surface area contributed by atoms with Crippen LogP contribution in [0.25, 0.3) is 10.4 Å². The molecule has 0 saturated heterocycles. The molecule has 0 amide bonds. The third kappa shape index (κ3) is 6.11. The third-order valence-corrected chi connectivity index (χ3v) is 7.76. The lowest BCUT2D eigenvalue weighted by Gasteiger charge is -2.24. The SMILES string of the molecule is CCOC(=O)C(C)(C)Oc1ccc2c(c1)CCN(Cc1sc(-c3ccc(CF)cc3)cc1C)CC2. The second kappa shape index (κ2) is 10.9. The molecular formula is C29H34FNO3S. The van der Waals surface area contributed by atoms with Crippen LogP contribution in [0, 0.1) is 6.92 Å². The maximum atomic E-state index is 12.8. The molecule has 4 rings (SSSR count). The molecule has 0 spiro atoms. The number of alkyl halides is 1. The Bertz CT molecular complexity index is 1170. The van der Waals surface area contributed by atoms with E-state index in [0.29, 0.717) is 17.9 Å². The number of ether oxygens (including phenoxy) is 2. The van der Waals surface area contributed by atoms with E-state index in [1.54, 1.807) is 20.8 Å². The Labute approximate surface area is 211 Å². The summed E-state index contributed by atoms with van der Waals surface area (Å²) in [6.07, 6.45) is 1.92. The quantitative estimate of drug-likeness (QED) is 0.334. The van der Waals surface area contributed by atoms with Crippen molar-refractivity contribution in [1.82, 2.24) is 4.90 Å². The van der Waals surface area contributed by atoms with Crippen molar-refractivity contribution in [3.8, 4) is 16.2 Å². The van der Waals surface area contributed by atoms with E-state index in [1.165, 1.54) is 26.4 Å². The van der Waals surface area contributed by atoms with Gasteiger partial charge < -0.3 is 9.47 Å². The first kappa shape index (κ1) is 25.4. The highest BCUT2D eigenvalue weighted by Crippen LogP contribution is 2.33. The van der Waals surface area contributed by atoms with E-state index in [1.807, 2.05) is 41.7 Å². The summed E-state index contributed by atoms with van der Waals surface area (Å²) in [6.45, 7) is 10.3. The van der Waals surface area contributed by atoms with Gasteiger partial charge in [0, 0.05) is 29.4 Å². The van der Waals surface area contributed by atoms with Crippen LogP contribution in [0.15, 0.2) is 48.5 Å². The molecular weight excluding hydrogens is 461 g/mol. The van der Waals surface area contributed by atoms with Crippen LogP contribution >= 0.6 is 11.3 Å². The summed E-state index contributed by atoms with van der Waals surface area (Å²) in [4.78, 5) is 17.3. The molecule has 2 aromatic carbocycles. The molecule has 0 radical (unpaired) electrons. The van der Waals surface area contributed by atoms with E-state index in [9.17, 15) is 9.18 Å². The minimum atomic E-state index is -1.03. The van der Waals surface area contributed by atoms with Gasteiger partial charge in [-0.1, -0.05) is 30.3 Å². The predicted octanol–water partition coefficient (Wildman–Crippen LogP) is 6.51. The normalized spacial score (nSPS) is 14.3. The lowest BCUT2D eigenvalue weighted by molar-refractivity contribution is -0.158. The number of carbonyl (C=O) groups is 1. The van der Waals surface area contributed by atoms with Gasteiger partial charge >= 0.3 is 5.97 Å². The van der Waals surface area contributed by atoms with E-state index >= 15 is 0 Å². The van der Waals surface area contributed by atoms with Crippen molar-refractivity contribution in [1.29, 1.82) is 0 Å². The Balaban J connectivity index is 1.41. The van der Waals surface area contributed by atoms with E-state index < -0.39 is 12.3 Å². The van der Waals surface area contributed by atoms with Crippen LogP contribution in [-0.2, 0) is 35.6 Å². The molecule has 1 aliphatic rings. The van der Waals surface area contributed by atoms with Crippen molar-refractivity contribution >= 4 is 17.3 Å². The Morgan fingerprint density at radius 1 is 1.06 bits per heavy atom. The minimum Gasteiger partial charge on any atom is -0.476 e. The number of hydrogen-bond acceptors (Lipinski definition) is 5. The van der Waals surface area contributed by atoms with Gasteiger partial charge in [0.2, 0.25) is 0 Å². The van der Waals surface area contributed by atoms with Crippen LogP contribution in [0.5, 0.6) is 5.75 Å². The van der Waals surface area contributed by atoms with Gasteiger partial charge in [-0.25, -0.2) is 9.18 Å². The molecule has 0 aliphatic carbocycles. The average molecular weight is 496 g/mol. The summed E-state index contributed by atoms with van der Waals surface area (Å²) in [7, 11) is 0. The number of carbonyl (C=O) groups excluding carboxylic acids is 1. The van der Waals surface area contributed by atoms with E-state index in [4.69, 9.17) is 9.47 Å². The van der Waals surface area contributed by atoms with Crippen molar-refractivity contribution in [2.24, 2.45) is 0 Å². The molecule has 0 atom stereocenters. The fourth-order valence-corrected chi connectivity index (χ4v) is 5.61. The monoisotopic (exact) mass is 495 g/mol. The summed E-state index contributed by atoms with van der Waals surface area (Å²) in [5, 5.41) is 0. The van der Waals surface area contributed by atoms with Gasteiger partial charge in [0.25, 0.3) is 0 Å². The number of hydrogen-bond donors (Lipinski definition) is 0. The molecule has 0 N–H and O–H groups in total. The third-order valence-electron chi connectivity index (χ3n) is 6.49. The number of esters is 1. The molecule has 4 nitrogen and oxygen atoms in total. The topological polar surface area (TPSA) is 38.8 Å². The summed E-state index contributed by atoms with van der Waals surface area (Å²) < 4.78 is 24.0. The van der Waals surface area contributed by atoms with Crippen LogP contribution in [0.1, 0.15) is 47.9 Å². The Hall–Kier alpha value is -2.70. The highest BCUT2D eigenvalue weighted by Gasteiger charge is 2.32. The number of halogens is 1. The van der Waals surface area contributed by atoms with Crippen LogP contribution in [0.2, 0.25) is 0 Å². The Kier molecular flexibility index (Phi) is 7.92. The number of aryl methyl sites for hydroxylation is 1. The molecule has 6 heteroatoms. The van der Waals surface area contributed by atoms with Gasteiger partial charge in [0.1, 0.15) is 12.4 Å². The molecule has 186 valence electrons. The first-order valence-electron chi connectivity index (χ1n) is 12.2. The molecule has 3 aromatic rings. The fraction of sp³-hybridized carbons (Fsp3) is 0.414. The van der Waals surface area contributed by atoms with Crippen molar-refractivity contribution < 1.29 is 18.7 Å². The van der Waals surface area contributed by atoms with Gasteiger partial charge in [-0.05, 0) is 86.6 Å². The number of benzene rings is 2. The Morgan fingerprint density at radius 3 is 2.46 bits per heavy atom. The van der Waals surface area contributed by atoms with Crippen molar-refractivity contribution in [3.63, 3.8) is 0 Å². The fourth-order valence-electron chi connectivity index (χ4n) is 4.39.